The van der Waals surface area contributed by atoms with E-state index >= 15 is 0 Å². The topological polar surface area (TPSA) is 61.9 Å². The highest BCUT2D eigenvalue weighted by atomic mass is 16.5. The Morgan fingerprint density at radius 1 is 1.24 bits per heavy atom. The summed E-state index contributed by atoms with van der Waals surface area (Å²) in [5.74, 6) is 0.602. The van der Waals surface area contributed by atoms with Gasteiger partial charge < -0.3 is 19.9 Å². The molecule has 1 N–H and O–H groups in total. The molecule has 1 atom stereocenters. The van der Waals surface area contributed by atoms with E-state index in [0.717, 1.165) is 25.3 Å². The number of hydrogen-bond acceptors (Lipinski definition) is 4. The molecule has 1 aliphatic rings. The van der Waals surface area contributed by atoms with Gasteiger partial charge in [0.1, 0.15) is 5.75 Å². The largest absolute Gasteiger partial charge is 0.478 e. The molecule has 6 nitrogen and oxygen atoms in total. The van der Waals surface area contributed by atoms with E-state index in [1.807, 2.05) is 31.2 Å². The molecular formula is C19H29N3O3. The lowest BCUT2D eigenvalue weighted by Gasteiger charge is -2.34. The minimum Gasteiger partial charge on any atom is -0.478 e. The van der Waals surface area contributed by atoms with Gasteiger partial charge in [0.15, 0.2) is 6.10 Å². The monoisotopic (exact) mass is 347 g/mol. The van der Waals surface area contributed by atoms with Crippen LogP contribution < -0.4 is 15.0 Å². The number of nitrogens with zero attached hydrogens (tertiary/aromatic N) is 2. The number of likely N-dealkylation sites (N-methyl/N-ethyl adjacent to an activating group) is 1. The maximum absolute atomic E-state index is 12.6. The Morgan fingerprint density at radius 3 is 2.64 bits per heavy atom. The maximum atomic E-state index is 12.6. The lowest BCUT2D eigenvalue weighted by atomic mass is 10.1. The van der Waals surface area contributed by atoms with Gasteiger partial charge in [-0.2, -0.15) is 0 Å². The van der Waals surface area contributed by atoms with Crippen LogP contribution in [0, 0.1) is 0 Å². The Morgan fingerprint density at radius 2 is 1.96 bits per heavy atom. The summed E-state index contributed by atoms with van der Waals surface area (Å²) >= 11 is 0. The molecule has 0 spiro atoms. The first-order valence-corrected chi connectivity index (χ1v) is 9.16. The lowest BCUT2D eigenvalue weighted by molar-refractivity contribution is -0.126. The van der Waals surface area contributed by atoms with Gasteiger partial charge in [-0.3, -0.25) is 9.59 Å². The maximum Gasteiger partial charge on any atom is 0.268 e. The third-order valence-corrected chi connectivity index (χ3v) is 4.54. The number of para-hydroxylation sites is 2. The molecule has 0 saturated carbocycles. The van der Waals surface area contributed by atoms with Crippen molar-refractivity contribution in [2.75, 3.05) is 37.6 Å². The Labute approximate surface area is 150 Å². The summed E-state index contributed by atoms with van der Waals surface area (Å²) in [6, 6.07) is 7.48. The molecule has 1 unspecified atom stereocenters. The molecule has 0 fully saturated rings. The Kier molecular flexibility index (Phi) is 7.25. The van der Waals surface area contributed by atoms with Crippen molar-refractivity contribution < 1.29 is 14.3 Å². The number of nitrogens with one attached hydrogen (secondary N) is 1. The van der Waals surface area contributed by atoms with Crippen LogP contribution in [0.5, 0.6) is 5.75 Å². The standard InChI is InChI=1S/C19H29N3O3/c1-4-16-19(24)22(15-9-7-8-10-17(15)25-16)13-11-18(23)20-12-14-21(5-2)6-3/h7-10,16H,4-6,11-14H2,1-3H3,(H,20,23). The molecule has 138 valence electrons. The zero-order chi connectivity index (χ0) is 18.2. The van der Waals surface area contributed by atoms with Crippen LogP contribution >= 0.6 is 0 Å². The van der Waals surface area contributed by atoms with Gasteiger partial charge in [0, 0.05) is 26.1 Å². The average molecular weight is 347 g/mol. The van der Waals surface area contributed by atoms with E-state index in [2.05, 4.69) is 24.1 Å². The van der Waals surface area contributed by atoms with Crippen molar-refractivity contribution >= 4 is 17.5 Å². The van der Waals surface area contributed by atoms with E-state index in [9.17, 15) is 9.59 Å². The third-order valence-electron chi connectivity index (χ3n) is 4.54. The fraction of sp³-hybridized carbons (Fsp3) is 0.579. The Hall–Kier alpha value is -2.08. The average Bonchev–Trinajstić information content (AvgIpc) is 2.64. The van der Waals surface area contributed by atoms with Crippen LogP contribution in [0.25, 0.3) is 0 Å². The number of ether oxygens (including phenoxy) is 1. The van der Waals surface area contributed by atoms with Gasteiger partial charge in [-0.1, -0.05) is 32.9 Å². The van der Waals surface area contributed by atoms with E-state index in [-0.39, 0.29) is 18.2 Å². The number of hydrogen-bond donors (Lipinski definition) is 1. The van der Waals surface area contributed by atoms with Crippen LogP contribution in [0.1, 0.15) is 33.6 Å². The molecule has 1 aliphatic heterocycles. The summed E-state index contributed by atoms with van der Waals surface area (Å²) in [5.41, 5.74) is 0.744. The molecule has 2 rings (SSSR count). The Bertz CT molecular complexity index is 587. The van der Waals surface area contributed by atoms with Crippen LogP contribution in [0.15, 0.2) is 24.3 Å². The number of rotatable bonds is 9. The van der Waals surface area contributed by atoms with E-state index in [4.69, 9.17) is 4.74 Å². The summed E-state index contributed by atoms with van der Waals surface area (Å²) in [5, 5.41) is 2.94. The number of anilines is 1. The van der Waals surface area contributed by atoms with Crippen molar-refractivity contribution in [3.63, 3.8) is 0 Å². The predicted molar refractivity (Wildman–Crippen MR) is 98.9 cm³/mol. The molecule has 0 bridgehead atoms. The summed E-state index contributed by atoms with van der Waals surface area (Å²) in [7, 11) is 0. The molecule has 0 saturated heterocycles. The van der Waals surface area contributed by atoms with Crippen LogP contribution in [0.4, 0.5) is 5.69 Å². The lowest BCUT2D eigenvalue weighted by Crippen LogP contribution is -2.47. The van der Waals surface area contributed by atoms with Crippen LogP contribution in [-0.2, 0) is 9.59 Å². The molecule has 0 aromatic heterocycles. The molecule has 2 amide bonds. The number of amides is 2. The number of carbonyl (C=O) groups excluding carboxylic acids is 2. The van der Waals surface area contributed by atoms with Crippen molar-refractivity contribution in [1.82, 2.24) is 10.2 Å². The molecule has 6 heteroatoms. The highest BCUT2D eigenvalue weighted by molar-refractivity contribution is 6.00. The Balaban J connectivity index is 1.90. The second-order valence-corrected chi connectivity index (χ2v) is 6.10. The van der Waals surface area contributed by atoms with Gasteiger partial charge in [-0.15, -0.1) is 0 Å². The first-order valence-electron chi connectivity index (χ1n) is 9.16. The van der Waals surface area contributed by atoms with Gasteiger partial charge in [0.2, 0.25) is 5.91 Å². The van der Waals surface area contributed by atoms with E-state index in [0.29, 0.717) is 25.3 Å². The van der Waals surface area contributed by atoms with Gasteiger partial charge in [-0.25, -0.2) is 0 Å². The summed E-state index contributed by atoms with van der Waals surface area (Å²) in [6.07, 6.45) is 0.426. The molecule has 1 aromatic carbocycles. The van der Waals surface area contributed by atoms with Crippen molar-refractivity contribution in [3.8, 4) is 5.75 Å². The zero-order valence-corrected chi connectivity index (χ0v) is 15.5. The molecule has 0 aliphatic carbocycles. The fourth-order valence-electron chi connectivity index (χ4n) is 2.96. The van der Waals surface area contributed by atoms with Gasteiger partial charge >= 0.3 is 0 Å². The second-order valence-electron chi connectivity index (χ2n) is 6.10. The second kappa shape index (κ2) is 9.42. The molecular weight excluding hydrogens is 318 g/mol. The van der Waals surface area contributed by atoms with Crippen molar-refractivity contribution in [1.29, 1.82) is 0 Å². The highest BCUT2D eigenvalue weighted by Gasteiger charge is 2.32. The first-order chi connectivity index (χ1) is 12.1. The van der Waals surface area contributed by atoms with Gasteiger partial charge in [0.05, 0.1) is 5.69 Å². The van der Waals surface area contributed by atoms with Gasteiger partial charge in [-0.05, 0) is 31.6 Å². The number of fused-ring (bicyclic) bond motifs is 1. The zero-order valence-electron chi connectivity index (χ0n) is 15.5. The van der Waals surface area contributed by atoms with E-state index in [1.54, 1.807) is 4.90 Å². The summed E-state index contributed by atoms with van der Waals surface area (Å²) in [6.45, 7) is 9.94. The minimum absolute atomic E-state index is 0.0306. The minimum atomic E-state index is -0.472. The SMILES string of the molecule is CCC1Oc2ccccc2N(CCC(=O)NCCN(CC)CC)C1=O. The molecule has 0 radical (unpaired) electrons. The van der Waals surface area contributed by atoms with Crippen LogP contribution in [0.2, 0.25) is 0 Å². The highest BCUT2D eigenvalue weighted by Crippen LogP contribution is 2.34. The number of benzene rings is 1. The molecule has 1 heterocycles. The molecule has 25 heavy (non-hydrogen) atoms. The van der Waals surface area contributed by atoms with Gasteiger partial charge in [0.25, 0.3) is 5.91 Å². The molecule has 1 aromatic rings. The summed E-state index contributed by atoms with van der Waals surface area (Å²) < 4.78 is 5.75. The van der Waals surface area contributed by atoms with Crippen LogP contribution in [0.3, 0.4) is 0 Å². The van der Waals surface area contributed by atoms with Crippen molar-refractivity contribution in [2.24, 2.45) is 0 Å². The van der Waals surface area contributed by atoms with E-state index < -0.39 is 6.10 Å². The van der Waals surface area contributed by atoms with Crippen molar-refractivity contribution in [2.45, 2.75) is 39.7 Å². The smallest absolute Gasteiger partial charge is 0.268 e. The van der Waals surface area contributed by atoms with E-state index in [1.165, 1.54) is 0 Å². The third kappa shape index (κ3) is 4.95. The fourth-order valence-corrected chi connectivity index (χ4v) is 2.96. The predicted octanol–water partition coefficient (Wildman–Crippen LogP) is 2.04. The number of carbonyl (C=O) groups is 2. The first kappa shape index (κ1) is 19.2. The normalized spacial score (nSPS) is 16.6. The summed E-state index contributed by atoms with van der Waals surface area (Å²) in [4.78, 5) is 28.6. The van der Waals surface area contributed by atoms with Crippen LogP contribution in [-0.4, -0.2) is 55.5 Å². The van der Waals surface area contributed by atoms with Crippen molar-refractivity contribution in [3.05, 3.63) is 24.3 Å². The quantitative estimate of drug-likeness (QED) is 0.743.